The molecule has 1 aromatic carbocycles. The summed E-state index contributed by atoms with van der Waals surface area (Å²) in [5.74, 6) is -1.26. The molecule has 1 aliphatic carbocycles. The molecule has 3 aliphatic rings. The highest BCUT2D eigenvalue weighted by atomic mass is 19.1. The number of carbonyl (C=O) groups is 2. The lowest BCUT2D eigenvalue weighted by Gasteiger charge is -2.46. The fourth-order valence-corrected chi connectivity index (χ4v) is 5.17. The van der Waals surface area contributed by atoms with E-state index >= 15 is 0 Å². The zero-order chi connectivity index (χ0) is 19.9. The first-order valence-corrected chi connectivity index (χ1v) is 10.3. The predicted molar refractivity (Wildman–Crippen MR) is 102 cm³/mol. The molecule has 4 rings (SSSR count). The Morgan fingerprint density at radius 2 is 1.89 bits per heavy atom. The molecule has 1 saturated carbocycles. The molecule has 28 heavy (non-hydrogen) atoms. The molecule has 0 aromatic heterocycles. The smallest absolute Gasteiger partial charge is 0.308 e. The van der Waals surface area contributed by atoms with Crippen molar-refractivity contribution in [3.63, 3.8) is 0 Å². The molecule has 6 heteroatoms. The van der Waals surface area contributed by atoms with E-state index in [0.29, 0.717) is 19.1 Å². The van der Waals surface area contributed by atoms with E-state index in [2.05, 4.69) is 4.90 Å². The number of halogens is 1. The van der Waals surface area contributed by atoms with Gasteiger partial charge in [-0.25, -0.2) is 4.39 Å². The monoisotopic (exact) mass is 389 g/mol. The van der Waals surface area contributed by atoms with Crippen LogP contribution in [0.15, 0.2) is 24.3 Å². The second-order valence-electron chi connectivity index (χ2n) is 8.61. The Kier molecular flexibility index (Phi) is 5.27. The lowest BCUT2D eigenvalue weighted by Crippen LogP contribution is -2.55. The van der Waals surface area contributed by atoms with Gasteiger partial charge in [0.15, 0.2) is 5.78 Å². The van der Waals surface area contributed by atoms with Crippen LogP contribution in [-0.4, -0.2) is 53.1 Å². The SMILES string of the molecule is CC(=O)[C@@]1(C2CC2)CCC(N2CC[C@H](c3ccc(F)cc3)C(C(=O)O)C2)CO1. The molecule has 1 aromatic rings. The Morgan fingerprint density at radius 1 is 1.18 bits per heavy atom. The van der Waals surface area contributed by atoms with E-state index < -0.39 is 17.5 Å². The number of hydrogen-bond donors (Lipinski definition) is 1. The second kappa shape index (κ2) is 7.56. The maximum absolute atomic E-state index is 13.2. The largest absolute Gasteiger partial charge is 0.481 e. The number of aliphatic carboxylic acids is 1. The third-order valence-electron chi connectivity index (χ3n) is 6.99. The van der Waals surface area contributed by atoms with Crippen molar-refractivity contribution in [3.8, 4) is 0 Å². The molecule has 2 saturated heterocycles. The molecular formula is C22H28FNO4. The van der Waals surface area contributed by atoms with Crippen LogP contribution in [0.4, 0.5) is 4.39 Å². The number of carboxylic acids is 1. The zero-order valence-electron chi connectivity index (χ0n) is 16.3. The fraction of sp³-hybridized carbons (Fsp3) is 0.636. The van der Waals surface area contributed by atoms with Crippen LogP contribution in [0.5, 0.6) is 0 Å². The Labute approximate surface area is 164 Å². The van der Waals surface area contributed by atoms with Gasteiger partial charge in [-0.2, -0.15) is 0 Å². The summed E-state index contributed by atoms with van der Waals surface area (Å²) < 4.78 is 19.4. The first-order chi connectivity index (χ1) is 13.4. The van der Waals surface area contributed by atoms with Gasteiger partial charge in [0.05, 0.1) is 12.5 Å². The highest BCUT2D eigenvalue weighted by molar-refractivity contribution is 5.86. The van der Waals surface area contributed by atoms with Crippen molar-refractivity contribution < 1.29 is 23.8 Å². The summed E-state index contributed by atoms with van der Waals surface area (Å²) in [6.07, 6.45) is 4.44. The number of Topliss-reactive ketones (excluding diaryl/α,β-unsaturated/α-hetero) is 1. The van der Waals surface area contributed by atoms with Crippen molar-refractivity contribution in [1.29, 1.82) is 0 Å². The predicted octanol–water partition coefficient (Wildman–Crippen LogP) is 3.23. The lowest BCUT2D eigenvalue weighted by atomic mass is 9.79. The van der Waals surface area contributed by atoms with E-state index in [4.69, 9.17) is 4.74 Å². The Morgan fingerprint density at radius 3 is 2.43 bits per heavy atom. The maximum Gasteiger partial charge on any atom is 0.308 e. The third kappa shape index (κ3) is 3.60. The van der Waals surface area contributed by atoms with Crippen LogP contribution in [-0.2, 0) is 14.3 Å². The first kappa shape index (κ1) is 19.5. The number of carbonyl (C=O) groups excluding carboxylic acids is 1. The molecule has 0 bridgehead atoms. The van der Waals surface area contributed by atoms with Crippen LogP contribution < -0.4 is 0 Å². The minimum absolute atomic E-state index is 0.110. The van der Waals surface area contributed by atoms with E-state index in [1.807, 2.05) is 0 Å². The standard InChI is InChI=1S/C22H28FNO4/c1-14(25)22(16-4-5-16)10-8-18(13-28-22)24-11-9-19(20(12-24)21(26)27)15-2-6-17(23)7-3-15/h2-3,6-7,16,18-20H,4-5,8-13H2,1H3,(H,26,27)/t18?,19-,20?,22-/m1/s1. The minimum Gasteiger partial charge on any atom is -0.481 e. The van der Waals surface area contributed by atoms with Crippen molar-refractivity contribution in [3.05, 3.63) is 35.6 Å². The topological polar surface area (TPSA) is 66.8 Å². The fourth-order valence-electron chi connectivity index (χ4n) is 5.17. The van der Waals surface area contributed by atoms with Crippen molar-refractivity contribution in [2.24, 2.45) is 11.8 Å². The zero-order valence-corrected chi connectivity index (χ0v) is 16.3. The Bertz CT molecular complexity index is 737. The van der Waals surface area contributed by atoms with Crippen LogP contribution in [0.1, 0.15) is 50.5 Å². The summed E-state index contributed by atoms with van der Waals surface area (Å²) in [4.78, 5) is 26.4. The molecule has 4 atom stereocenters. The van der Waals surface area contributed by atoms with Gasteiger partial charge in [-0.05, 0) is 75.1 Å². The van der Waals surface area contributed by atoms with Crippen LogP contribution in [0.3, 0.4) is 0 Å². The van der Waals surface area contributed by atoms with Gasteiger partial charge in [0.2, 0.25) is 0 Å². The quantitative estimate of drug-likeness (QED) is 0.838. The van der Waals surface area contributed by atoms with Crippen molar-refractivity contribution in [2.45, 2.75) is 56.6 Å². The molecule has 0 spiro atoms. The van der Waals surface area contributed by atoms with Crippen LogP contribution in [0.2, 0.25) is 0 Å². The van der Waals surface area contributed by atoms with Crippen LogP contribution in [0, 0.1) is 17.7 Å². The van der Waals surface area contributed by atoms with Crippen molar-refractivity contribution >= 4 is 11.8 Å². The van der Waals surface area contributed by atoms with E-state index in [1.165, 1.54) is 12.1 Å². The normalized spacial score (nSPS) is 34.1. The van der Waals surface area contributed by atoms with Crippen molar-refractivity contribution in [1.82, 2.24) is 4.90 Å². The summed E-state index contributed by atoms with van der Waals surface area (Å²) in [7, 11) is 0. The number of likely N-dealkylation sites (tertiary alicyclic amines) is 1. The molecule has 5 nitrogen and oxygen atoms in total. The number of rotatable bonds is 5. The van der Waals surface area contributed by atoms with E-state index in [0.717, 1.165) is 44.2 Å². The summed E-state index contributed by atoms with van der Waals surface area (Å²) in [5, 5.41) is 9.80. The van der Waals surface area contributed by atoms with Gasteiger partial charge >= 0.3 is 5.97 Å². The van der Waals surface area contributed by atoms with Crippen LogP contribution >= 0.6 is 0 Å². The number of piperidine rings is 1. The molecule has 2 aliphatic heterocycles. The van der Waals surface area contributed by atoms with Gasteiger partial charge in [-0.3, -0.25) is 14.5 Å². The minimum atomic E-state index is -0.813. The number of hydrogen-bond acceptors (Lipinski definition) is 4. The Balaban J connectivity index is 1.43. The summed E-state index contributed by atoms with van der Waals surface area (Å²) in [5.41, 5.74) is 0.285. The maximum atomic E-state index is 13.2. The third-order valence-corrected chi connectivity index (χ3v) is 6.99. The number of ether oxygens (including phenoxy) is 1. The van der Waals surface area contributed by atoms with Gasteiger partial charge in [-0.15, -0.1) is 0 Å². The highest BCUT2D eigenvalue weighted by Crippen LogP contribution is 2.47. The number of nitrogens with zero attached hydrogens (tertiary/aromatic N) is 1. The average molecular weight is 389 g/mol. The second-order valence-corrected chi connectivity index (χ2v) is 8.61. The molecule has 1 N–H and O–H groups in total. The van der Waals surface area contributed by atoms with Gasteiger partial charge in [0, 0.05) is 12.6 Å². The number of benzene rings is 1. The Hall–Kier alpha value is -1.79. The molecular weight excluding hydrogens is 361 g/mol. The number of ketones is 1. The average Bonchev–Trinajstić information content (AvgIpc) is 3.54. The molecule has 0 radical (unpaired) electrons. The highest BCUT2D eigenvalue weighted by Gasteiger charge is 2.52. The van der Waals surface area contributed by atoms with E-state index in [-0.39, 0.29) is 23.6 Å². The first-order valence-electron chi connectivity index (χ1n) is 10.3. The summed E-state index contributed by atoms with van der Waals surface area (Å²) in [6, 6.07) is 6.35. The lowest BCUT2D eigenvalue weighted by molar-refractivity contribution is -0.162. The van der Waals surface area contributed by atoms with Crippen LogP contribution in [0.25, 0.3) is 0 Å². The molecule has 2 unspecified atom stereocenters. The van der Waals surface area contributed by atoms with Gasteiger partial charge in [-0.1, -0.05) is 12.1 Å². The summed E-state index contributed by atoms with van der Waals surface area (Å²) >= 11 is 0. The van der Waals surface area contributed by atoms with Gasteiger partial charge < -0.3 is 9.84 Å². The molecule has 2 heterocycles. The molecule has 152 valence electrons. The van der Waals surface area contributed by atoms with E-state index in [1.54, 1.807) is 19.1 Å². The van der Waals surface area contributed by atoms with Gasteiger partial charge in [0.25, 0.3) is 0 Å². The van der Waals surface area contributed by atoms with E-state index in [9.17, 15) is 19.1 Å². The van der Waals surface area contributed by atoms with Crippen molar-refractivity contribution in [2.75, 3.05) is 19.7 Å². The summed E-state index contributed by atoms with van der Waals surface area (Å²) in [6.45, 7) is 3.37. The molecule has 3 fully saturated rings. The number of carboxylic acid groups (broad SMARTS) is 1. The van der Waals surface area contributed by atoms with Gasteiger partial charge in [0.1, 0.15) is 11.4 Å². The molecule has 0 amide bonds.